The van der Waals surface area contributed by atoms with Crippen LogP contribution in [0.5, 0.6) is 0 Å². The van der Waals surface area contributed by atoms with Crippen LogP contribution in [0.4, 0.5) is 22.0 Å². The van der Waals surface area contributed by atoms with Crippen molar-refractivity contribution >= 4 is 0 Å². The Labute approximate surface area is 149 Å². The fraction of sp³-hybridized carbons (Fsp3) is 0.333. The van der Waals surface area contributed by atoms with Gasteiger partial charge < -0.3 is 0 Å². The predicted octanol–water partition coefficient (Wildman–Crippen LogP) is 6.59. The molecule has 0 atom stereocenters. The molecule has 0 heterocycles. The normalized spacial score (nSPS) is 15.4. The summed E-state index contributed by atoms with van der Waals surface area (Å²) < 4.78 is 64.4. The molecule has 1 aliphatic rings. The van der Waals surface area contributed by atoms with E-state index >= 15 is 0 Å². The first-order chi connectivity index (χ1) is 12.3. The van der Waals surface area contributed by atoms with Crippen LogP contribution in [0.2, 0.25) is 0 Å². The first-order valence-corrected chi connectivity index (χ1v) is 8.53. The zero-order chi connectivity index (χ0) is 18.7. The molecule has 3 rings (SSSR count). The molecule has 0 saturated heterocycles. The Morgan fingerprint density at radius 2 is 1.38 bits per heavy atom. The summed E-state index contributed by atoms with van der Waals surface area (Å²) in [6.45, 7) is 0. The lowest BCUT2D eigenvalue weighted by Crippen LogP contribution is -2.04. The summed E-state index contributed by atoms with van der Waals surface area (Å²) >= 11 is 0. The summed E-state index contributed by atoms with van der Waals surface area (Å²) in [6, 6.07) is 9.52. The number of hydrogen-bond donors (Lipinski definition) is 0. The third-order valence-electron chi connectivity index (χ3n) is 4.69. The van der Waals surface area contributed by atoms with E-state index in [1.54, 1.807) is 12.1 Å². The van der Waals surface area contributed by atoms with Crippen LogP contribution in [0.1, 0.15) is 49.1 Å². The molecule has 0 spiro atoms. The van der Waals surface area contributed by atoms with E-state index in [0.29, 0.717) is 11.5 Å². The molecule has 5 heteroatoms. The Balaban J connectivity index is 1.86. The van der Waals surface area contributed by atoms with Gasteiger partial charge in [0.2, 0.25) is 0 Å². The number of halogens is 5. The minimum absolute atomic E-state index is 0.271. The number of hydrogen-bond acceptors (Lipinski definition) is 0. The van der Waals surface area contributed by atoms with Crippen molar-refractivity contribution in [3.05, 3.63) is 59.2 Å². The fourth-order valence-corrected chi connectivity index (χ4v) is 3.38. The highest BCUT2D eigenvalue weighted by Crippen LogP contribution is 2.34. The maximum atomic E-state index is 14.0. The highest BCUT2D eigenvalue weighted by Gasteiger charge is 2.23. The van der Waals surface area contributed by atoms with Gasteiger partial charge in [-0.15, -0.1) is 0 Å². The molecule has 2 aromatic rings. The average Bonchev–Trinajstić information content (AvgIpc) is 2.61. The van der Waals surface area contributed by atoms with E-state index < -0.39 is 23.4 Å². The summed E-state index contributed by atoms with van der Waals surface area (Å²) in [5.41, 5.74) is 1.22. The summed E-state index contributed by atoms with van der Waals surface area (Å²) in [4.78, 5) is 0. The Kier molecular flexibility index (Phi) is 5.31. The molecule has 0 radical (unpaired) electrons. The first kappa shape index (κ1) is 18.4. The van der Waals surface area contributed by atoms with Gasteiger partial charge in [0.05, 0.1) is 5.56 Å². The summed E-state index contributed by atoms with van der Waals surface area (Å²) in [5, 5.41) is 0. The maximum Gasteiger partial charge on any atom is 0.458 e. The molecular formula is C21H17F5. The molecular weight excluding hydrogens is 347 g/mol. The Hall–Kier alpha value is -2.35. The fourth-order valence-electron chi connectivity index (χ4n) is 3.38. The van der Waals surface area contributed by atoms with Crippen LogP contribution in [-0.2, 0) is 0 Å². The van der Waals surface area contributed by atoms with Crippen molar-refractivity contribution in [2.45, 2.75) is 44.2 Å². The van der Waals surface area contributed by atoms with Gasteiger partial charge in [0.15, 0.2) is 0 Å². The van der Waals surface area contributed by atoms with E-state index in [9.17, 15) is 22.0 Å². The van der Waals surface area contributed by atoms with Crippen LogP contribution in [0.3, 0.4) is 0 Å². The maximum absolute atomic E-state index is 14.0. The van der Waals surface area contributed by atoms with E-state index in [4.69, 9.17) is 0 Å². The molecule has 0 aliphatic heterocycles. The van der Waals surface area contributed by atoms with E-state index in [1.165, 1.54) is 30.7 Å². The zero-order valence-corrected chi connectivity index (χ0v) is 14.0. The van der Waals surface area contributed by atoms with Crippen molar-refractivity contribution in [1.29, 1.82) is 0 Å². The lowest BCUT2D eigenvalue weighted by Gasteiger charge is -2.22. The van der Waals surface area contributed by atoms with Crippen molar-refractivity contribution in [2.75, 3.05) is 0 Å². The van der Waals surface area contributed by atoms with Gasteiger partial charge in [-0.1, -0.05) is 49.4 Å². The molecule has 1 fully saturated rings. The van der Waals surface area contributed by atoms with Crippen molar-refractivity contribution < 1.29 is 22.0 Å². The molecule has 0 unspecified atom stereocenters. The topological polar surface area (TPSA) is 0 Å². The first-order valence-electron chi connectivity index (χ1n) is 8.53. The van der Waals surface area contributed by atoms with Crippen LogP contribution in [-0.4, -0.2) is 6.18 Å². The lowest BCUT2D eigenvalue weighted by atomic mass is 9.83. The van der Waals surface area contributed by atoms with Gasteiger partial charge in [-0.3, -0.25) is 0 Å². The van der Waals surface area contributed by atoms with Gasteiger partial charge in [0, 0.05) is 5.92 Å². The van der Waals surface area contributed by atoms with Gasteiger partial charge in [-0.25, -0.2) is 8.78 Å². The summed E-state index contributed by atoms with van der Waals surface area (Å²) in [6.07, 6.45) is 1.18. The van der Waals surface area contributed by atoms with Crippen molar-refractivity contribution in [3.63, 3.8) is 0 Å². The molecule has 0 nitrogen and oxygen atoms in total. The molecule has 26 heavy (non-hydrogen) atoms. The molecule has 136 valence electrons. The molecule has 0 bridgehead atoms. The van der Waals surface area contributed by atoms with E-state index in [1.807, 2.05) is 12.1 Å². The van der Waals surface area contributed by atoms with Crippen LogP contribution >= 0.6 is 0 Å². The van der Waals surface area contributed by atoms with Crippen LogP contribution in [0, 0.1) is 23.5 Å². The average molecular weight is 364 g/mol. The monoisotopic (exact) mass is 364 g/mol. The number of alkyl halides is 3. The van der Waals surface area contributed by atoms with Crippen molar-refractivity contribution in [2.24, 2.45) is 0 Å². The SMILES string of the molecule is Fc1cc(-c2ccc(C3CCCCC3)cc2)cc(F)c1C#CC(F)(F)F. The quantitative estimate of drug-likeness (QED) is 0.416. The van der Waals surface area contributed by atoms with Gasteiger partial charge in [0.25, 0.3) is 0 Å². The molecule has 1 saturated carbocycles. The highest BCUT2D eigenvalue weighted by atomic mass is 19.4. The smallest absolute Gasteiger partial charge is 0.205 e. The minimum atomic E-state index is -4.80. The predicted molar refractivity (Wildman–Crippen MR) is 90.6 cm³/mol. The van der Waals surface area contributed by atoms with Crippen LogP contribution < -0.4 is 0 Å². The van der Waals surface area contributed by atoms with E-state index in [2.05, 4.69) is 0 Å². The zero-order valence-electron chi connectivity index (χ0n) is 14.0. The Morgan fingerprint density at radius 1 is 0.808 bits per heavy atom. The van der Waals surface area contributed by atoms with E-state index in [0.717, 1.165) is 30.9 Å². The number of benzene rings is 2. The van der Waals surface area contributed by atoms with Crippen LogP contribution in [0.15, 0.2) is 36.4 Å². The second-order valence-electron chi connectivity index (χ2n) is 6.52. The summed E-state index contributed by atoms with van der Waals surface area (Å²) in [7, 11) is 0. The molecule has 0 amide bonds. The van der Waals surface area contributed by atoms with Crippen molar-refractivity contribution in [3.8, 4) is 23.0 Å². The number of rotatable bonds is 2. The molecule has 1 aliphatic carbocycles. The lowest BCUT2D eigenvalue weighted by molar-refractivity contribution is -0.0696. The Bertz CT molecular complexity index is 808. The van der Waals surface area contributed by atoms with E-state index in [-0.39, 0.29) is 5.56 Å². The largest absolute Gasteiger partial charge is 0.458 e. The third-order valence-corrected chi connectivity index (χ3v) is 4.69. The minimum Gasteiger partial charge on any atom is -0.205 e. The Morgan fingerprint density at radius 3 is 1.92 bits per heavy atom. The third kappa shape index (κ3) is 4.43. The second-order valence-corrected chi connectivity index (χ2v) is 6.52. The standard InChI is InChI=1S/C21H17F5/c22-19-12-17(13-20(23)18(19)10-11-21(24,25)26)16-8-6-15(7-9-16)14-4-2-1-3-5-14/h6-9,12-14H,1-5H2. The second kappa shape index (κ2) is 7.49. The summed E-state index contributed by atoms with van der Waals surface area (Å²) in [5.74, 6) is 0.732. The molecule has 0 aromatic heterocycles. The van der Waals surface area contributed by atoms with Crippen molar-refractivity contribution in [1.82, 2.24) is 0 Å². The van der Waals surface area contributed by atoms with Gasteiger partial charge >= 0.3 is 6.18 Å². The van der Waals surface area contributed by atoms with Gasteiger partial charge in [0.1, 0.15) is 11.6 Å². The van der Waals surface area contributed by atoms with Gasteiger partial charge in [-0.05, 0) is 47.6 Å². The molecule has 2 aromatic carbocycles. The van der Waals surface area contributed by atoms with Gasteiger partial charge in [-0.2, -0.15) is 13.2 Å². The highest BCUT2D eigenvalue weighted by molar-refractivity contribution is 5.65. The molecule has 0 N–H and O–H groups in total. The van der Waals surface area contributed by atoms with Crippen LogP contribution in [0.25, 0.3) is 11.1 Å².